The van der Waals surface area contributed by atoms with Crippen molar-refractivity contribution in [2.45, 2.75) is 39.2 Å². The third kappa shape index (κ3) is 10.0. The van der Waals surface area contributed by atoms with Crippen LogP contribution in [-0.2, 0) is 20.7 Å². The molecule has 8 heteroatoms. The summed E-state index contributed by atoms with van der Waals surface area (Å²) in [5.74, 6) is -0.321. The van der Waals surface area contributed by atoms with Crippen molar-refractivity contribution in [3.63, 3.8) is 0 Å². The Morgan fingerprint density at radius 1 is 0.962 bits per heavy atom. The van der Waals surface area contributed by atoms with E-state index in [1.165, 1.54) is 0 Å². The first-order valence-corrected chi connectivity index (χ1v) is 9.20. The highest BCUT2D eigenvalue weighted by Gasteiger charge is 2.15. The van der Waals surface area contributed by atoms with E-state index in [0.717, 1.165) is 10.0 Å². The molecule has 0 atom stereocenters. The Bertz CT molecular complexity index is 629. The lowest BCUT2D eigenvalue weighted by atomic mass is 10.1. The van der Waals surface area contributed by atoms with Crippen molar-refractivity contribution in [3.8, 4) is 0 Å². The van der Waals surface area contributed by atoms with Gasteiger partial charge in [-0.1, -0.05) is 34.1 Å². The van der Waals surface area contributed by atoms with E-state index in [2.05, 4.69) is 31.9 Å². The molecule has 0 radical (unpaired) electrons. The summed E-state index contributed by atoms with van der Waals surface area (Å²) in [6.45, 7) is 6.16. The summed E-state index contributed by atoms with van der Waals surface area (Å²) in [5, 5.41) is 7.94. The predicted octanol–water partition coefficient (Wildman–Crippen LogP) is 2.14. The number of ether oxygens (including phenoxy) is 1. The standard InChI is InChI=1S/C18H26BrN3O4/c1-18(2,3)26-17(25)22-9-8-15(23)20-10-11-21-16(24)12-13-6-4-5-7-14(13)19/h4-7H,8-12H2,1-3H3,(H,20,23)(H,21,24)(H,22,25). The van der Waals surface area contributed by atoms with Crippen LogP contribution in [0.1, 0.15) is 32.8 Å². The smallest absolute Gasteiger partial charge is 0.407 e. The number of carbonyl (C=O) groups is 3. The second-order valence-corrected chi connectivity index (χ2v) is 7.50. The summed E-state index contributed by atoms with van der Waals surface area (Å²) in [5.41, 5.74) is 0.335. The van der Waals surface area contributed by atoms with Crippen LogP contribution in [0.2, 0.25) is 0 Å². The van der Waals surface area contributed by atoms with Crippen LogP contribution >= 0.6 is 15.9 Å². The number of halogens is 1. The van der Waals surface area contributed by atoms with Crippen LogP contribution in [0.25, 0.3) is 0 Å². The van der Waals surface area contributed by atoms with Crippen LogP contribution < -0.4 is 16.0 Å². The van der Waals surface area contributed by atoms with E-state index in [9.17, 15) is 14.4 Å². The number of hydrogen-bond acceptors (Lipinski definition) is 4. The largest absolute Gasteiger partial charge is 0.444 e. The van der Waals surface area contributed by atoms with E-state index >= 15 is 0 Å². The van der Waals surface area contributed by atoms with E-state index in [4.69, 9.17) is 4.74 Å². The number of benzene rings is 1. The Balaban J connectivity index is 2.12. The lowest BCUT2D eigenvalue weighted by Crippen LogP contribution is -2.37. The SMILES string of the molecule is CC(C)(C)OC(=O)NCCC(=O)NCCNC(=O)Cc1ccccc1Br. The van der Waals surface area contributed by atoms with E-state index in [1.54, 1.807) is 20.8 Å². The monoisotopic (exact) mass is 427 g/mol. The van der Waals surface area contributed by atoms with Gasteiger partial charge in [0.1, 0.15) is 5.60 Å². The summed E-state index contributed by atoms with van der Waals surface area (Å²) >= 11 is 3.40. The highest BCUT2D eigenvalue weighted by atomic mass is 79.9. The number of alkyl carbamates (subject to hydrolysis) is 1. The molecule has 7 nitrogen and oxygen atoms in total. The molecule has 0 saturated heterocycles. The Labute approximate surface area is 162 Å². The fourth-order valence-corrected chi connectivity index (χ4v) is 2.39. The molecule has 0 aliphatic heterocycles. The van der Waals surface area contributed by atoms with Gasteiger partial charge >= 0.3 is 6.09 Å². The van der Waals surface area contributed by atoms with Gasteiger partial charge in [0.05, 0.1) is 6.42 Å². The van der Waals surface area contributed by atoms with Crippen molar-refractivity contribution in [1.29, 1.82) is 0 Å². The highest BCUT2D eigenvalue weighted by molar-refractivity contribution is 9.10. The van der Waals surface area contributed by atoms with Gasteiger partial charge in [-0.2, -0.15) is 0 Å². The molecule has 0 aliphatic rings. The Hall–Kier alpha value is -2.09. The second-order valence-electron chi connectivity index (χ2n) is 6.65. The molecule has 1 aromatic rings. The molecule has 0 fully saturated rings. The van der Waals surface area contributed by atoms with Gasteiger partial charge in [0, 0.05) is 30.5 Å². The summed E-state index contributed by atoms with van der Waals surface area (Å²) in [6.07, 6.45) is -0.135. The number of carbonyl (C=O) groups excluding carboxylic acids is 3. The molecule has 0 unspecified atom stereocenters. The third-order valence-corrected chi connectivity index (χ3v) is 3.87. The molecule has 0 aromatic heterocycles. The van der Waals surface area contributed by atoms with Crippen molar-refractivity contribution >= 4 is 33.8 Å². The van der Waals surface area contributed by atoms with Gasteiger partial charge in [-0.05, 0) is 32.4 Å². The van der Waals surface area contributed by atoms with E-state index in [0.29, 0.717) is 13.1 Å². The third-order valence-electron chi connectivity index (χ3n) is 3.10. The molecule has 0 aliphatic carbocycles. The zero-order chi connectivity index (χ0) is 19.6. The van der Waals surface area contributed by atoms with E-state index in [1.807, 2.05) is 24.3 Å². The summed E-state index contributed by atoms with van der Waals surface area (Å²) in [6, 6.07) is 7.52. The second kappa shape index (κ2) is 10.8. The topological polar surface area (TPSA) is 96.5 Å². The Kier molecular flexibility index (Phi) is 9.12. The van der Waals surface area contributed by atoms with Gasteiger partial charge in [-0.3, -0.25) is 9.59 Å². The van der Waals surface area contributed by atoms with E-state index < -0.39 is 11.7 Å². The first-order valence-electron chi connectivity index (χ1n) is 8.41. The van der Waals surface area contributed by atoms with Crippen LogP contribution in [0, 0.1) is 0 Å². The minimum atomic E-state index is -0.570. The number of amides is 3. The summed E-state index contributed by atoms with van der Waals surface area (Å²) in [4.78, 5) is 35.0. The number of rotatable bonds is 8. The Morgan fingerprint density at radius 2 is 1.58 bits per heavy atom. The molecular weight excluding hydrogens is 402 g/mol. The van der Waals surface area contributed by atoms with Crippen molar-refractivity contribution in [2.75, 3.05) is 19.6 Å². The quantitative estimate of drug-likeness (QED) is 0.553. The zero-order valence-electron chi connectivity index (χ0n) is 15.4. The molecule has 1 aromatic carbocycles. The first-order chi connectivity index (χ1) is 12.2. The molecule has 0 spiro atoms. The molecule has 26 heavy (non-hydrogen) atoms. The molecule has 0 saturated carbocycles. The van der Waals surface area contributed by atoms with Crippen molar-refractivity contribution in [1.82, 2.24) is 16.0 Å². The summed E-state index contributed by atoms with van der Waals surface area (Å²) in [7, 11) is 0. The van der Waals surface area contributed by atoms with Crippen LogP contribution in [0.3, 0.4) is 0 Å². The lowest BCUT2D eigenvalue weighted by molar-refractivity contribution is -0.122. The van der Waals surface area contributed by atoms with Gasteiger partial charge in [0.15, 0.2) is 0 Å². The van der Waals surface area contributed by atoms with Gasteiger partial charge in [0.25, 0.3) is 0 Å². The predicted molar refractivity (Wildman–Crippen MR) is 103 cm³/mol. The molecule has 3 N–H and O–H groups in total. The van der Waals surface area contributed by atoms with Crippen LogP contribution in [0.5, 0.6) is 0 Å². The minimum Gasteiger partial charge on any atom is -0.444 e. The first kappa shape index (κ1) is 22.0. The molecule has 3 amide bonds. The van der Waals surface area contributed by atoms with Crippen LogP contribution in [0.4, 0.5) is 4.79 Å². The van der Waals surface area contributed by atoms with Crippen LogP contribution in [0.15, 0.2) is 28.7 Å². The van der Waals surface area contributed by atoms with Gasteiger partial charge in [0.2, 0.25) is 11.8 Å². The zero-order valence-corrected chi connectivity index (χ0v) is 16.9. The molecule has 0 heterocycles. The number of nitrogens with one attached hydrogen (secondary N) is 3. The summed E-state index contributed by atoms with van der Waals surface area (Å²) < 4.78 is 5.96. The fourth-order valence-electron chi connectivity index (χ4n) is 1.96. The minimum absolute atomic E-state index is 0.113. The molecular formula is C18H26BrN3O4. The van der Waals surface area contributed by atoms with Crippen molar-refractivity contribution in [3.05, 3.63) is 34.3 Å². The molecule has 0 bridgehead atoms. The van der Waals surface area contributed by atoms with Crippen LogP contribution in [-0.4, -0.2) is 43.1 Å². The molecule has 1 rings (SSSR count). The van der Waals surface area contributed by atoms with Crippen molar-refractivity contribution < 1.29 is 19.1 Å². The normalized spacial score (nSPS) is 10.8. The van der Waals surface area contributed by atoms with E-state index in [-0.39, 0.29) is 31.2 Å². The molecule has 144 valence electrons. The highest BCUT2D eigenvalue weighted by Crippen LogP contribution is 2.16. The van der Waals surface area contributed by atoms with Gasteiger partial charge in [-0.15, -0.1) is 0 Å². The average molecular weight is 428 g/mol. The Morgan fingerprint density at radius 3 is 2.19 bits per heavy atom. The fraction of sp³-hybridized carbons (Fsp3) is 0.500. The maximum atomic E-state index is 11.9. The van der Waals surface area contributed by atoms with Gasteiger partial charge < -0.3 is 20.7 Å². The van der Waals surface area contributed by atoms with Crippen molar-refractivity contribution in [2.24, 2.45) is 0 Å². The number of hydrogen-bond donors (Lipinski definition) is 3. The maximum Gasteiger partial charge on any atom is 0.407 e. The lowest BCUT2D eigenvalue weighted by Gasteiger charge is -2.19. The van der Waals surface area contributed by atoms with Gasteiger partial charge in [-0.25, -0.2) is 4.79 Å². The maximum absolute atomic E-state index is 11.9. The average Bonchev–Trinajstić information content (AvgIpc) is 2.52.